The number of amides is 1. The van der Waals surface area contributed by atoms with Gasteiger partial charge in [0.15, 0.2) is 6.61 Å². The van der Waals surface area contributed by atoms with Gasteiger partial charge in [-0.05, 0) is 29.8 Å². The Bertz CT molecular complexity index is 712. The van der Waals surface area contributed by atoms with Gasteiger partial charge in [-0.1, -0.05) is 41.4 Å². The third-order valence-electron chi connectivity index (χ3n) is 3.10. The molecule has 0 heterocycles. The average molecular weight is 368 g/mol. The number of hydrogen-bond acceptors (Lipinski definition) is 4. The molecule has 0 spiro atoms. The summed E-state index contributed by atoms with van der Waals surface area (Å²) >= 11 is 11.9. The SMILES string of the molecule is COc1ccc(CC(=O)OCC(=O)Nc2c(Cl)cccc2Cl)cc1. The maximum atomic E-state index is 11.8. The van der Waals surface area contributed by atoms with E-state index in [9.17, 15) is 9.59 Å². The molecule has 0 atom stereocenters. The molecular weight excluding hydrogens is 353 g/mol. The van der Waals surface area contributed by atoms with E-state index in [0.29, 0.717) is 15.8 Å². The van der Waals surface area contributed by atoms with Gasteiger partial charge in [0.25, 0.3) is 5.91 Å². The highest BCUT2D eigenvalue weighted by Gasteiger charge is 2.12. The molecule has 2 rings (SSSR count). The number of para-hydroxylation sites is 1. The maximum Gasteiger partial charge on any atom is 0.310 e. The first kappa shape index (κ1) is 18.1. The first-order valence-corrected chi connectivity index (χ1v) is 7.77. The van der Waals surface area contributed by atoms with Crippen LogP contribution in [0.5, 0.6) is 5.75 Å². The van der Waals surface area contributed by atoms with Crippen molar-refractivity contribution in [2.75, 3.05) is 19.0 Å². The lowest BCUT2D eigenvalue weighted by atomic mass is 10.1. The monoisotopic (exact) mass is 367 g/mol. The minimum atomic E-state index is -0.520. The van der Waals surface area contributed by atoms with Crippen molar-refractivity contribution in [1.82, 2.24) is 0 Å². The number of halogens is 2. The molecule has 0 saturated carbocycles. The summed E-state index contributed by atoms with van der Waals surface area (Å²) in [5.41, 5.74) is 1.05. The zero-order valence-corrected chi connectivity index (χ0v) is 14.4. The molecule has 0 fully saturated rings. The van der Waals surface area contributed by atoms with Crippen molar-refractivity contribution in [3.8, 4) is 5.75 Å². The third-order valence-corrected chi connectivity index (χ3v) is 3.73. The minimum Gasteiger partial charge on any atom is -0.497 e. The summed E-state index contributed by atoms with van der Waals surface area (Å²) in [6, 6.07) is 11.9. The molecule has 0 radical (unpaired) electrons. The fourth-order valence-electron chi connectivity index (χ4n) is 1.90. The molecule has 0 aliphatic rings. The van der Waals surface area contributed by atoms with Gasteiger partial charge in [0, 0.05) is 0 Å². The first-order valence-electron chi connectivity index (χ1n) is 7.02. The fraction of sp³-hybridized carbons (Fsp3) is 0.176. The molecule has 0 aliphatic heterocycles. The highest BCUT2D eigenvalue weighted by Crippen LogP contribution is 2.29. The second-order valence-corrected chi connectivity index (χ2v) is 5.64. The molecule has 2 aromatic rings. The highest BCUT2D eigenvalue weighted by molar-refractivity contribution is 6.39. The summed E-state index contributed by atoms with van der Waals surface area (Å²) in [6.45, 7) is -0.420. The van der Waals surface area contributed by atoms with E-state index >= 15 is 0 Å². The Labute approximate surface area is 149 Å². The number of hydrogen-bond donors (Lipinski definition) is 1. The van der Waals surface area contributed by atoms with E-state index in [-0.39, 0.29) is 12.1 Å². The van der Waals surface area contributed by atoms with Gasteiger partial charge in [-0.3, -0.25) is 9.59 Å². The van der Waals surface area contributed by atoms with Crippen LogP contribution < -0.4 is 10.1 Å². The van der Waals surface area contributed by atoms with Gasteiger partial charge in [0.05, 0.1) is 29.3 Å². The third kappa shape index (κ3) is 5.15. The summed E-state index contributed by atoms with van der Waals surface area (Å²) in [4.78, 5) is 23.6. The first-order chi connectivity index (χ1) is 11.5. The number of rotatable bonds is 6. The van der Waals surface area contributed by atoms with Crippen molar-refractivity contribution < 1.29 is 19.1 Å². The van der Waals surface area contributed by atoms with Crippen molar-refractivity contribution in [2.45, 2.75) is 6.42 Å². The number of methoxy groups -OCH3 is 1. The van der Waals surface area contributed by atoms with Gasteiger partial charge in [0.1, 0.15) is 5.75 Å². The van der Waals surface area contributed by atoms with Crippen LogP contribution in [0.15, 0.2) is 42.5 Å². The van der Waals surface area contributed by atoms with Crippen LogP contribution in [-0.2, 0) is 20.7 Å². The lowest BCUT2D eigenvalue weighted by Gasteiger charge is -2.09. The zero-order valence-electron chi connectivity index (χ0n) is 12.8. The van der Waals surface area contributed by atoms with Crippen LogP contribution in [-0.4, -0.2) is 25.6 Å². The molecular formula is C17H15Cl2NO4. The van der Waals surface area contributed by atoms with Gasteiger partial charge in [-0.2, -0.15) is 0 Å². The Balaban J connectivity index is 1.83. The molecule has 5 nitrogen and oxygen atoms in total. The van der Waals surface area contributed by atoms with Crippen LogP contribution in [0.1, 0.15) is 5.56 Å². The molecule has 1 N–H and O–H groups in total. The van der Waals surface area contributed by atoms with Crippen LogP contribution in [0.25, 0.3) is 0 Å². The second-order valence-electron chi connectivity index (χ2n) is 4.83. The molecule has 0 saturated heterocycles. The number of esters is 1. The number of benzene rings is 2. The van der Waals surface area contributed by atoms with Crippen LogP contribution in [0.4, 0.5) is 5.69 Å². The Kier molecular flexibility index (Phi) is 6.46. The van der Waals surface area contributed by atoms with Gasteiger partial charge in [0.2, 0.25) is 0 Å². The lowest BCUT2D eigenvalue weighted by Crippen LogP contribution is -2.22. The van der Waals surface area contributed by atoms with Crippen molar-refractivity contribution >= 4 is 40.8 Å². The lowest BCUT2D eigenvalue weighted by molar-refractivity contribution is -0.146. The van der Waals surface area contributed by atoms with Gasteiger partial charge < -0.3 is 14.8 Å². The van der Waals surface area contributed by atoms with Crippen molar-refractivity contribution in [2.24, 2.45) is 0 Å². The quantitative estimate of drug-likeness (QED) is 0.790. The standard InChI is InChI=1S/C17H15Cl2NO4/c1-23-12-7-5-11(6-8-12)9-16(22)24-10-15(21)20-17-13(18)3-2-4-14(17)19/h2-8H,9-10H2,1H3,(H,20,21). The molecule has 0 bridgehead atoms. The summed E-state index contributed by atoms with van der Waals surface area (Å²) in [7, 11) is 1.56. The number of carbonyl (C=O) groups excluding carboxylic acids is 2. The minimum absolute atomic E-state index is 0.0596. The molecule has 0 unspecified atom stereocenters. The van der Waals surface area contributed by atoms with Gasteiger partial charge >= 0.3 is 5.97 Å². The molecule has 126 valence electrons. The largest absolute Gasteiger partial charge is 0.497 e. The van der Waals surface area contributed by atoms with E-state index in [0.717, 1.165) is 5.56 Å². The van der Waals surface area contributed by atoms with E-state index in [1.807, 2.05) is 0 Å². The molecule has 24 heavy (non-hydrogen) atoms. The van der Waals surface area contributed by atoms with Crippen LogP contribution in [0.2, 0.25) is 10.0 Å². The number of carbonyl (C=O) groups is 2. The Morgan fingerprint density at radius 1 is 1.04 bits per heavy atom. The van der Waals surface area contributed by atoms with E-state index < -0.39 is 18.5 Å². The molecule has 1 amide bonds. The van der Waals surface area contributed by atoms with E-state index in [4.69, 9.17) is 32.7 Å². The van der Waals surface area contributed by atoms with Crippen molar-refractivity contribution in [3.05, 3.63) is 58.1 Å². The van der Waals surface area contributed by atoms with E-state index in [1.54, 1.807) is 49.6 Å². The summed E-state index contributed by atoms with van der Waals surface area (Å²) in [5, 5.41) is 3.13. The molecule has 2 aromatic carbocycles. The average Bonchev–Trinajstić information content (AvgIpc) is 2.57. The van der Waals surface area contributed by atoms with Gasteiger partial charge in [-0.15, -0.1) is 0 Å². The van der Waals surface area contributed by atoms with E-state index in [1.165, 1.54) is 0 Å². The van der Waals surface area contributed by atoms with Crippen molar-refractivity contribution in [1.29, 1.82) is 0 Å². The molecule has 7 heteroatoms. The summed E-state index contributed by atoms with van der Waals surface area (Å²) in [6.07, 6.45) is 0.0596. The Morgan fingerprint density at radius 2 is 1.67 bits per heavy atom. The van der Waals surface area contributed by atoms with Gasteiger partial charge in [-0.25, -0.2) is 0 Å². The predicted molar refractivity (Wildman–Crippen MR) is 92.7 cm³/mol. The van der Waals surface area contributed by atoms with Crippen LogP contribution >= 0.6 is 23.2 Å². The van der Waals surface area contributed by atoms with E-state index in [2.05, 4.69) is 5.32 Å². The molecule has 0 aromatic heterocycles. The van der Waals surface area contributed by atoms with Crippen molar-refractivity contribution in [3.63, 3.8) is 0 Å². The Morgan fingerprint density at radius 3 is 2.25 bits per heavy atom. The van der Waals surface area contributed by atoms with Crippen LogP contribution in [0, 0.1) is 0 Å². The normalized spacial score (nSPS) is 10.1. The summed E-state index contributed by atoms with van der Waals surface area (Å²) in [5.74, 6) is -0.336. The molecule has 0 aliphatic carbocycles. The van der Waals surface area contributed by atoms with Crippen LogP contribution in [0.3, 0.4) is 0 Å². The zero-order chi connectivity index (χ0) is 17.5. The topological polar surface area (TPSA) is 64.6 Å². The second kappa shape index (κ2) is 8.57. The number of anilines is 1. The number of ether oxygens (including phenoxy) is 2. The fourth-order valence-corrected chi connectivity index (χ4v) is 2.39. The number of nitrogens with one attached hydrogen (secondary N) is 1. The Hall–Kier alpha value is -2.24. The smallest absolute Gasteiger partial charge is 0.310 e. The predicted octanol–water partition coefficient (Wildman–Crippen LogP) is 3.73. The maximum absolute atomic E-state index is 11.8. The highest BCUT2D eigenvalue weighted by atomic mass is 35.5. The summed E-state index contributed by atoms with van der Waals surface area (Å²) < 4.78 is 9.99.